The summed E-state index contributed by atoms with van der Waals surface area (Å²) in [5, 5.41) is 3.77. The van der Waals surface area contributed by atoms with Crippen molar-refractivity contribution in [2.75, 3.05) is 0 Å². The third-order valence-electron chi connectivity index (χ3n) is 1.91. The van der Waals surface area contributed by atoms with Gasteiger partial charge in [-0.3, -0.25) is 0 Å². The highest BCUT2D eigenvalue weighted by Gasteiger charge is 2.14. The van der Waals surface area contributed by atoms with Crippen LogP contribution in [-0.2, 0) is 0 Å². The predicted octanol–water partition coefficient (Wildman–Crippen LogP) is 0.869. The number of aromatic amines is 1. The Balaban J connectivity index is 2.26. The third-order valence-corrected chi connectivity index (χ3v) is 1.91. The smallest absolute Gasteiger partial charge is 0.243 e. The van der Waals surface area contributed by atoms with Gasteiger partial charge < -0.3 is 15.2 Å². The van der Waals surface area contributed by atoms with Gasteiger partial charge in [-0.2, -0.15) is 4.98 Å². The maximum Gasteiger partial charge on any atom is 0.243 e. The van der Waals surface area contributed by atoms with E-state index in [2.05, 4.69) is 20.1 Å². The molecule has 0 aliphatic heterocycles. The van der Waals surface area contributed by atoms with Crippen LogP contribution in [0, 0.1) is 0 Å². The highest BCUT2D eigenvalue weighted by Crippen LogP contribution is 2.15. The Bertz CT molecular complexity index is 394. The number of hydrogen-bond acceptors (Lipinski definition) is 5. The number of nitrogens with zero attached hydrogens (tertiary/aromatic N) is 3. The fourth-order valence-corrected chi connectivity index (χ4v) is 1.04. The molecule has 0 saturated heterocycles. The summed E-state index contributed by atoms with van der Waals surface area (Å²) in [5.41, 5.74) is 5.73. The van der Waals surface area contributed by atoms with Crippen molar-refractivity contribution >= 4 is 0 Å². The first-order chi connectivity index (χ1) is 6.81. The largest absolute Gasteiger partial charge is 0.342 e. The number of nitrogens with two attached hydrogens (primary N) is 1. The SMILES string of the molecule is CC[C@@H](N)c1nc(-c2ncc[nH]2)no1. The van der Waals surface area contributed by atoms with Crippen LogP contribution in [0.25, 0.3) is 11.6 Å². The van der Waals surface area contributed by atoms with Gasteiger partial charge in [0, 0.05) is 12.4 Å². The number of nitrogens with one attached hydrogen (secondary N) is 1. The van der Waals surface area contributed by atoms with E-state index in [1.54, 1.807) is 12.4 Å². The van der Waals surface area contributed by atoms with Crippen LogP contribution in [0.1, 0.15) is 25.3 Å². The number of rotatable bonds is 3. The fourth-order valence-electron chi connectivity index (χ4n) is 1.04. The maximum absolute atomic E-state index is 5.73. The molecule has 0 fully saturated rings. The Labute approximate surface area is 80.5 Å². The lowest BCUT2D eigenvalue weighted by Gasteiger charge is -1.98. The van der Waals surface area contributed by atoms with Gasteiger partial charge in [0.1, 0.15) is 0 Å². The fraction of sp³-hybridized carbons (Fsp3) is 0.375. The van der Waals surface area contributed by atoms with Crippen molar-refractivity contribution in [2.24, 2.45) is 5.73 Å². The summed E-state index contributed by atoms with van der Waals surface area (Å²) in [7, 11) is 0. The molecule has 6 nitrogen and oxygen atoms in total. The van der Waals surface area contributed by atoms with Gasteiger partial charge >= 0.3 is 0 Å². The van der Waals surface area contributed by atoms with E-state index in [9.17, 15) is 0 Å². The molecule has 2 aromatic rings. The van der Waals surface area contributed by atoms with Crippen LogP contribution >= 0.6 is 0 Å². The molecule has 0 spiro atoms. The molecule has 2 aromatic heterocycles. The van der Waals surface area contributed by atoms with Gasteiger partial charge in [0.2, 0.25) is 11.7 Å². The Morgan fingerprint density at radius 3 is 3.14 bits per heavy atom. The molecule has 0 aromatic carbocycles. The van der Waals surface area contributed by atoms with Crippen molar-refractivity contribution in [2.45, 2.75) is 19.4 Å². The molecule has 6 heteroatoms. The van der Waals surface area contributed by atoms with Crippen LogP contribution in [0.2, 0.25) is 0 Å². The summed E-state index contributed by atoms with van der Waals surface area (Å²) in [6.45, 7) is 1.96. The Morgan fingerprint density at radius 1 is 1.64 bits per heavy atom. The molecule has 0 aliphatic carbocycles. The molecule has 0 saturated carbocycles. The summed E-state index contributed by atoms with van der Waals surface area (Å²) in [5.74, 6) is 1.47. The molecule has 2 rings (SSSR count). The number of aromatic nitrogens is 4. The van der Waals surface area contributed by atoms with Crippen LogP contribution < -0.4 is 5.73 Å². The first-order valence-electron chi connectivity index (χ1n) is 4.40. The minimum Gasteiger partial charge on any atom is -0.342 e. The van der Waals surface area contributed by atoms with Crippen LogP contribution in [0.5, 0.6) is 0 Å². The zero-order valence-corrected chi connectivity index (χ0v) is 7.77. The maximum atomic E-state index is 5.73. The van der Waals surface area contributed by atoms with E-state index >= 15 is 0 Å². The molecule has 14 heavy (non-hydrogen) atoms. The molecule has 0 unspecified atom stereocenters. The summed E-state index contributed by atoms with van der Waals surface area (Å²) in [4.78, 5) is 11.0. The second-order valence-corrected chi connectivity index (χ2v) is 2.91. The Kier molecular flexibility index (Phi) is 2.28. The van der Waals surface area contributed by atoms with Crippen molar-refractivity contribution in [1.82, 2.24) is 20.1 Å². The zero-order chi connectivity index (χ0) is 9.97. The van der Waals surface area contributed by atoms with Gasteiger partial charge in [-0.1, -0.05) is 12.1 Å². The van der Waals surface area contributed by atoms with Gasteiger partial charge in [-0.15, -0.1) is 0 Å². The summed E-state index contributed by atoms with van der Waals surface area (Å²) in [6.07, 6.45) is 4.09. The Hall–Kier alpha value is -1.69. The van der Waals surface area contributed by atoms with E-state index < -0.39 is 0 Å². The lowest BCUT2D eigenvalue weighted by Crippen LogP contribution is -2.08. The second kappa shape index (κ2) is 3.59. The lowest BCUT2D eigenvalue weighted by atomic mass is 10.2. The molecule has 0 amide bonds. The monoisotopic (exact) mass is 193 g/mol. The van der Waals surface area contributed by atoms with E-state index in [-0.39, 0.29) is 6.04 Å². The molecular weight excluding hydrogens is 182 g/mol. The van der Waals surface area contributed by atoms with Gasteiger partial charge in [0.15, 0.2) is 5.82 Å². The first kappa shape index (κ1) is 8.89. The second-order valence-electron chi connectivity index (χ2n) is 2.91. The van der Waals surface area contributed by atoms with E-state index in [0.29, 0.717) is 17.5 Å². The third kappa shape index (κ3) is 1.51. The predicted molar refractivity (Wildman–Crippen MR) is 49.1 cm³/mol. The number of hydrogen-bond donors (Lipinski definition) is 2. The van der Waals surface area contributed by atoms with Crippen molar-refractivity contribution in [3.8, 4) is 11.6 Å². The highest BCUT2D eigenvalue weighted by molar-refractivity contribution is 5.40. The van der Waals surface area contributed by atoms with Crippen LogP contribution in [0.15, 0.2) is 16.9 Å². The summed E-state index contributed by atoms with van der Waals surface area (Å²) >= 11 is 0. The summed E-state index contributed by atoms with van der Waals surface area (Å²) in [6, 6.07) is -0.203. The molecule has 0 radical (unpaired) electrons. The van der Waals surface area contributed by atoms with E-state index in [4.69, 9.17) is 10.3 Å². The van der Waals surface area contributed by atoms with Gasteiger partial charge in [0.05, 0.1) is 6.04 Å². The van der Waals surface area contributed by atoms with Gasteiger partial charge in [0.25, 0.3) is 0 Å². The minimum atomic E-state index is -0.203. The van der Waals surface area contributed by atoms with Crippen molar-refractivity contribution in [1.29, 1.82) is 0 Å². The van der Waals surface area contributed by atoms with Crippen LogP contribution in [0.3, 0.4) is 0 Å². The highest BCUT2D eigenvalue weighted by atomic mass is 16.5. The molecule has 3 N–H and O–H groups in total. The van der Waals surface area contributed by atoms with Gasteiger partial charge in [-0.05, 0) is 6.42 Å². The van der Waals surface area contributed by atoms with Crippen LogP contribution in [0.4, 0.5) is 0 Å². The standard InChI is InChI=1S/C8H11N5O/c1-2-5(9)8-12-7(13-14-8)6-10-3-4-11-6/h3-5H,2,9H2,1H3,(H,10,11)/t5-/m1/s1. The number of imidazole rings is 1. The van der Waals surface area contributed by atoms with Crippen LogP contribution in [-0.4, -0.2) is 20.1 Å². The quantitative estimate of drug-likeness (QED) is 0.754. The Morgan fingerprint density at radius 2 is 2.50 bits per heavy atom. The zero-order valence-electron chi connectivity index (χ0n) is 7.77. The molecule has 0 bridgehead atoms. The molecular formula is C8H11N5O. The molecule has 74 valence electrons. The molecule has 1 atom stereocenters. The van der Waals surface area contributed by atoms with E-state index in [0.717, 1.165) is 6.42 Å². The average Bonchev–Trinajstić information content (AvgIpc) is 2.86. The number of H-pyrrole nitrogens is 1. The van der Waals surface area contributed by atoms with E-state index in [1.165, 1.54) is 0 Å². The molecule has 0 aliphatic rings. The van der Waals surface area contributed by atoms with Gasteiger partial charge in [-0.25, -0.2) is 4.98 Å². The average molecular weight is 193 g/mol. The molecule has 2 heterocycles. The topological polar surface area (TPSA) is 93.6 Å². The first-order valence-corrected chi connectivity index (χ1v) is 4.40. The lowest BCUT2D eigenvalue weighted by molar-refractivity contribution is 0.352. The van der Waals surface area contributed by atoms with Crippen molar-refractivity contribution < 1.29 is 4.52 Å². The van der Waals surface area contributed by atoms with Crippen molar-refractivity contribution in [3.63, 3.8) is 0 Å². The minimum absolute atomic E-state index is 0.203. The van der Waals surface area contributed by atoms with Crippen molar-refractivity contribution in [3.05, 3.63) is 18.3 Å². The van der Waals surface area contributed by atoms with E-state index in [1.807, 2.05) is 6.92 Å². The normalized spacial score (nSPS) is 13.0. The summed E-state index contributed by atoms with van der Waals surface area (Å²) < 4.78 is 5.00.